The van der Waals surface area contributed by atoms with Crippen LogP contribution in [0, 0.1) is 13.8 Å². The maximum absolute atomic E-state index is 14.4. The highest BCUT2D eigenvalue weighted by Gasteiger charge is 2.29. The molecule has 2 saturated heterocycles. The average molecular weight is 599 g/mol. The second kappa shape index (κ2) is 12.5. The van der Waals surface area contributed by atoms with Gasteiger partial charge in [-0.15, -0.1) is 0 Å². The highest BCUT2D eigenvalue weighted by atomic mass is 35.5. The number of anilines is 2. The van der Waals surface area contributed by atoms with Crippen molar-refractivity contribution in [1.82, 2.24) is 24.8 Å². The van der Waals surface area contributed by atoms with Crippen molar-refractivity contribution < 1.29 is 4.79 Å². The van der Waals surface area contributed by atoms with E-state index in [1.54, 1.807) is 16.8 Å². The van der Waals surface area contributed by atoms with Crippen molar-refractivity contribution in [3.05, 3.63) is 80.7 Å². The van der Waals surface area contributed by atoms with Gasteiger partial charge in [-0.1, -0.05) is 42.8 Å². The molecule has 224 valence electrons. The smallest absolute Gasteiger partial charge is 0.260 e. The van der Waals surface area contributed by atoms with Gasteiger partial charge >= 0.3 is 0 Å². The van der Waals surface area contributed by atoms with Crippen LogP contribution in [0.2, 0.25) is 5.02 Å². The van der Waals surface area contributed by atoms with Crippen LogP contribution in [-0.4, -0.2) is 51.5 Å². The molecule has 4 aromatic rings. The van der Waals surface area contributed by atoms with E-state index in [1.807, 2.05) is 36.9 Å². The Balaban J connectivity index is 1.44. The summed E-state index contributed by atoms with van der Waals surface area (Å²) in [7, 11) is 0. The molecule has 0 bridgehead atoms. The van der Waals surface area contributed by atoms with Gasteiger partial charge in [-0.05, 0) is 93.4 Å². The predicted octanol–water partition coefficient (Wildman–Crippen LogP) is 6.51. The standard InChI is InChI=1S/C34H39ClN6O2/c1-4-30(42)40-17-7-8-25(20-40)41-32-28(22(3)31(33(41)43)27-9-5-6-10-29(27)35)19-37-34(39-32)38-24-11-12-26(21(2)18-24)23-13-15-36-16-14-23/h5-6,9-12,18-19,23,25,36H,4,7-8,13-17,20H2,1-3H3,(H,37,38,39). The maximum atomic E-state index is 14.4. The summed E-state index contributed by atoms with van der Waals surface area (Å²) in [5.74, 6) is 1.10. The number of amides is 1. The van der Waals surface area contributed by atoms with Gasteiger partial charge in [0.05, 0.1) is 11.6 Å². The summed E-state index contributed by atoms with van der Waals surface area (Å²) in [4.78, 5) is 38.6. The molecule has 2 fully saturated rings. The first-order chi connectivity index (χ1) is 20.9. The van der Waals surface area contributed by atoms with Crippen LogP contribution >= 0.6 is 11.6 Å². The van der Waals surface area contributed by atoms with Gasteiger partial charge in [-0.25, -0.2) is 4.98 Å². The Labute approximate surface area is 257 Å². The molecule has 2 N–H and O–H groups in total. The van der Waals surface area contributed by atoms with E-state index in [1.165, 1.54) is 11.1 Å². The molecule has 6 rings (SSSR count). The molecule has 9 heteroatoms. The fourth-order valence-corrected chi connectivity index (χ4v) is 7.03. The SMILES string of the molecule is CCC(=O)N1CCCC(n2c(=O)c(-c3ccccc3Cl)c(C)c3cnc(Nc4ccc(C5CCNCC5)c(C)c4)nc32)C1. The Bertz CT molecular complexity index is 1730. The van der Waals surface area contributed by atoms with E-state index in [9.17, 15) is 9.59 Å². The number of carbonyl (C=O) groups excluding carboxylic acids is 1. The van der Waals surface area contributed by atoms with Crippen molar-refractivity contribution in [3.8, 4) is 11.1 Å². The van der Waals surface area contributed by atoms with Crippen molar-refractivity contribution in [2.75, 3.05) is 31.5 Å². The molecule has 1 atom stereocenters. The number of rotatable bonds is 6. The monoisotopic (exact) mass is 598 g/mol. The number of benzene rings is 2. The van der Waals surface area contributed by atoms with Crippen LogP contribution in [-0.2, 0) is 4.79 Å². The molecular formula is C34H39ClN6O2. The Morgan fingerprint density at radius 3 is 2.65 bits per heavy atom. The summed E-state index contributed by atoms with van der Waals surface area (Å²) in [6.45, 7) is 9.25. The molecule has 2 aliphatic rings. The lowest BCUT2D eigenvalue weighted by atomic mass is 9.87. The highest BCUT2D eigenvalue weighted by molar-refractivity contribution is 6.33. The van der Waals surface area contributed by atoms with Gasteiger partial charge in [-0.2, -0.15) is 4.98 Å². The fourth-order valence-electron chi connectivity index (χ4n) is 6.80. The van der Waals surface area contributed by atoms with Crippen LogP contribution in [0.3, 0.4) is 0 Å². The molecule has 0 saturated carbocycles. The zero-order valence-electron chi connectivity index (χ0n) is 25.1. The molecule has 1 amide bonds. The lowest BCUT2D eigenvalue weighted by molar-refractivity contribution is -0.132. The third-order valence-electron chi connectivity index (χ3n) is 9.07. The zero-order valence-corrected chi connectivity index (χ0v) is 25.9. The second-order valence-corrected chi connectivity index (χ2v) is 12.2. The molecule has 4 heterocycles. The van der Waals surface area contributed by atoms with Crippen molar-refractivity contribution in [3.63, 3.8) is 0 Å². The summed E-state index contributed by atoms with van der Waals surface area (Å²) in [6, 6.07) is 13.7. The summed E-state index contributed by atoms with van der Waals surface area (Å²) in [5.41, 5.74) is 5.98. The lowest BCUT2D eigenvalue weighted by Crippen LogP contribution is -2.43. The number of aromatic nitrogens is 3. The van der Waals surface area contributed by atoms with Crippen LogP contribution in [0.4, 0.5) is 11.6 Å². The molecule has 8 nitrogen and oxygen atoms in total. The lowest BCUT2D eigenvalue weighted by Gasteiger charge is -2.34. The van der Waals surface area contributed by atoms with Crippen molar-refractivity contribution in [1.29, 1.82) is 0 Å². The number of likely N-dealkylation sites (tertiary alicyclic amines) is 1. The van der Waals surface area contributed by atoms with E-state index in [0.717, 1.165) is 55.4 Å². The average Bonchev–Trinajstić information content (AvgIpc) is 3.02. The van der Waals surface area contributed by atoms with Crippen LogP contribution in [0.25, 0.3) is 22.2 Å². The van der Waals surface area contributed by atoms with E-state index in [0.29, 0.717) is 53.2 Å². The third-order valence-corrected chi connectivity index (χ3v) is 9.40. The number of nitrogens with zero attached hydrogens (tertiary/aromatic N) is 4. The summed E-state index contributed by atoms with van der Waals surface area (Å²) in [5, 5.41) is 8.14. The fraction of sp³-hybridized carbons (Fsp3) is 0.412. The molecule has 2 aromatic heterocycles. The quantitative estimate of drug-likeness (QED) is 0.263. The molecule has 1 unspecified atom stereocenters. The number of hydrogen-bond acceptors (Lipinski definition) is 6. The minimum absolute atomic E-state index is 0.0979. The first-order valence-corrected chi connectivity index (χ1v) is 15.8. The molecule has 43 heavy (non-hydrogen) atoms. The number of halogens is 1. The van der Waals surface area contributed by atoms with Crippen molar-refractivity contribution >= 4 is 40.2 Å². The van der Waals surface area contributed by atoms with Gasteiger partial charge in [0, 0.05) is 47.4 Å². The minimum atomic E-state index is -0.213. The van der Waals surface area contributed by atoms with E-state index < -0.39 is 0 Å². The molecule has 2 aliphatic heterocycles. The number of aryl methyl sites for hydroxylation is 2. The van der Waals surface area contributed by atoms with E-state index in [4.69, 9.17) is 21.6 Å². The number of fused-ring (bicyclic) bond motifs is 1. The second-order valence-electron chi connectivity index (χ2n) is 11.8. The molecular weight excluding hydrogens is 560 g/mol. The summed E-state index contributed by atoms with van der Waals surface area (Å²) < 4.78 is 1.79. The van der Waals surface area contributed by atoms with Gasteiger partial charge < -0.3 is 15.5 Å². The summed E-state index contributed by atoms with van der Waals surface area (Å²) >= 11 is 6.62. The molecule has 0 radical (unpaired) electrons. The van der Waals surface area contributed by atoms with Crippen LogP contribution in [0.1, 0.15) is 67.7 Å². The van der Waals surface area contributed by atoms with Crippen LogP contribution in [0.5, 0.6) is 0 Å². The van der Waals surface area contributed by atoms with E-state index >= 15 is 0 Å². The third kappa shape index (κ3) is 5.78. The van der Waals surface area contributed by atoms with Gasteiger partial charge in [0.1, 0.15) is 5.65 Å². The van der Waals surface area contributed by atoms with Crippen LogP contribution < -0.4 is 16.2 Å². The van der Waals surface area contributed by atoms with Gasteiger partial charge in [-0.3, -0.25) is 14.2 Å². The van der Waals surface area contributed by atoms with E-state index in [-0.39, 0.29) is 17.5 Å². The Morgan fingerprint density at radius 1 is 1.12 bits per heavy atom. The molecule has 0 aliphatic carbocycles. The maximum Gasteiger partial charge on any atom is 0.260 e. The Kier molecular flexibility index (Phi) is 8.50. The Hall–Kier alpha value is -3.75. The van der Waals surface area contributed by atoms with Crippen LogP contribution in [0.15, 0.2) is 53.5 Å². The number of hydrogen-bond donors (Lipinski definition) is 2. The normalized spacial score (nSPS) is 17.8. The number of carbonyl (C=O) groups is 1. The molecule has 2 aromatic carbocycles. The van der Waals surface area contributed by atoms with Crippen molar-refractivity contribution in [2.24, 2.45) is 0 Å². The first-order valence-electron chi connectivity index (χ1n) is 15.4. The van der Waals surface area contributed by atoms with E-state index in [2.05, 4.69) is 35.8 Å². The predicted molar refractivity (Wildman–Crippen MR) is 173 cm³/mol. The minimum Gasteiger partial charge on any atom is -0.341 e. The van der Waals surface area contributed by atoms with Gasteiger partial charge in [0.15, 0.2) is 0 Å². The van der Waals surface area contributed by atoms with Gasteiger partial charge in [0.2, 0.25) is 11.9 Å². The topological polar surface area (TPSA) is 92.2 Å². The van der Waals surface area contributed by atoms with Crippen molar-refractivity contribution in [2.45, 2.75) is 64.8 Å². The summed E-state index contributed by atoms with van der Waals surface area (Å²) in [6.07, 6.45) is 6.13. The highest BCUT2D eigenvalue weighted by Crippen LogP contribution is 2.34. The largest absolute Gasteiger partial charge is 0.341 e. The number of nitrogens with one attached hydrogen (secondary N) is 2. The molecule has 0 spiro atoms. The Morgan fingerprint density at radius 2 is 1.91 bits per heavy atom. The zero-order chi connectivity index (χ0) is 30.1. The number of piperidine rings is 2. The number of pyridine rings is 1. The first kappa shape index (κ1) is 29.3. The van der Waals surface area contributed by atoms with Gasteiger partial charge in [0.25, 0.3) is 5.56 Å².